The van der Waals surface area contributed by atoms with E-state index in [9.17, 15) is 9.59 Å². The zero-order chi connectivity index (χ0) is 14.7. The summed E-state index contributed by atoms with van der Waals surface area (Å²) in [7, 11) is 0. The molecule has 0 bridgehead atoms. The van der Waals surface area contributed by atoms with Gasteiger partial charge in [-0.1, -0.05) is 6.07 Å². The van der Waals surface area contributed by atoms with Gasteiger partial charge in [0.1, 0.15) is 0 Å². The second-order valence-corrected chi connectivity index (χ2v) is 5.58. The summed E-state index contributed by atoms with van der Waals surface area (Å²) in [4.78, 5) is 23.1. The maximum Gasteiger partial charge on any atom is 0.308 e. The van der Waals surface area contributed by atoms with Crippen LogP contribution in [0, 0.1) is 5.92 Å². The van der Waals surface area contributed by atoms with Crippen molar-refractivity contribution in [2.75, 3.05) is 0 Å². The molecule has 108 valence electrons. The molecule has 1 aromatic rings. The molecule has 1 aromatic carbocycles. The van der Waals surface area contributed by atoms with Gasteiger partial charge in [-0.3, -0.25) is 9.59 Å². The smallest absolute Gasteiger partial charge is 0.308 e. The van der Waals surface area contributed by atoms with E-state index in [1.807, 2.05) is 18.2 Å². The van der Waals surface area contributed by atoms with Gasteiger partial charge in [0.15, 0.2) is 0 Å². The van der Waals surface area contributed by atoms with Crippen molar-refractivity contribution in [3.63, 3.8) is 0 Å². The first-order valence-electron chi connectivity index (χ1n) is 7.14. The molecule has 0 aliphatic heterocycles. The molecule has 1 aliphatic rings. The highest BCUT2D eigenvalue weighted by molar-refractivity contribution is 5.95. The maximum atomic E-state index is 12.2. The lowest BCUT2D eigenvalue weighted by atomic mass is 9.90. The van der Waals surface area contributed by atoms with Gasteiger partial charge in [-0.25, -0.2) is 0 Å². The zero-order valence-electron chi connectivity index (χ0n) is 12.0. The molecular formula is C16H21NO3. The summed E-state index contributed by atoms with van der Waals surface area (Å²) in [5.74, 6) is -1.70. The van der Waals surface area contributed by atoms with Crippen LogP contribution >= 0.6 is 0 Å². The van der Waals surface area contributed by atoms with E-state index in [1.54, 1.807) is 13.8 Å². The Hall–Kier alpha value is -1.84. The van der Waals surface area contributed by atoms with E-state index in [-0.39, 0.29) is 5.91 Å². The first-order chi connectivity index (χ1) is 9.49. The lowest BCUT2D eigenvalue weighted by Crippen LogP contribution is -2.40. The summed E-state index contributed by atoms with van der Waals surface area (Å²) in [6.07, 6.45) is 4.50. The molecule has 20 heavy (non-hydrogen) atoms. The van der Waals surface area contributed by atoms with Crippen LogP contribution in [0.2, 0.25) is 0 Å². The Morgan fingerprint density at radius 1 is 1.15 bits per heavy atom. The fourth-order valence-electron chi connectivity index (χ4n) is 2.50. The second kappa shape index (κ2) is 6.07. The summed E-state index contributed by atoms with van der Waals surface area (Å²) < 4.78 is 0. The van der Waals surface area contributed by atoms with E-state index in [4.69, 9.17) is 5.11 Å². The number of carboxylic acid groups (broad SMARTS) is 1. The molecule has 4 nitrogen and oxygen atoms in total. The normalized spacial score (nSPS) is 16.9. The predicted octanol–water partition coefficient (Wildman–Crippen LogP) is 2.40. The molecule has 0 heterocycles. The fraction of sp³-hybridized carbons (Fsp3) is 0.500. The van der Waals surface area contributed by atoms with Crippen LogP contribution in [0.3, 0.4) is 0 Å². The van der Waals surface area contributed by atoms with Crippen molar-refractivity contribution in [2.24, 2.45) is 5.92 Å². The van der Waals surface area contributed by atoms with Crippen molar-refractivity contribution < 1.29 is 14.7 Å². The summed E-state index contributed by atoms with van der Waals surface area (Å²) >= 11 is 0. The van der Waals surface area contributed by atoms with E-state index >= 15 is 0 Å². The number of hydrogen-bond donors (Lipinski definition) is 2. The Kier molecular flexibility index (Phi) is 4.42. The SMILES string of the molecule is CC(NC(=O)c1ccc2c(c1)CCCC2)C(C)C(=O)O. The molecule has 0 saturated carbocycles. The monoisotopic (exact) mass is 275 g/mol. The molecular weight excluding hydrogens is 254 g/mol. The molecule has 4 heteroatoms. The van der Waals surface area contributed by atoms with Crippen molar-refractivity contribution in [2.45, 2.75) is 45.6 Å². The first-order valence-corrected chi connectivity index (χ1v) is 7.14. The minimum absolute atomic E-state index is 0.195. The number of rotatable bonds is 4. The molecule has 0 fully saturated rings. The number of aryl methyl sites for hydroxylation is 2. The number of nitrogens with one attached hydrogen (secondary N) is 1. The minimum atomic E-state index is -0.900. The number of carbonyl (C=O) groups is 2. The topological polar surface area (TPSA) is 66.4 Å². The van der Waals surface area contributed by atoms with Crippen LogP contribution in [0.15, 0.2) is 18.2 Å². The average molecular weight is 275 g/mol. The van der Waals surface area contributed by atoms with Crippen molar-refractivity contribution in [3.8, 4) is 0 Å². The van der Waals surface area contributed by atoms with Gasteiger partial charge in [0.25, 0.3) is 5.91 Å². The van der Waals surface area contributed by atoms with Crippen molar-refractivity contribution in [1.82, 2.24) is 5.32 Å². The summed E-state index contributed by atoms with van der Waals surface area (Å²) in [5.41, 5.74) is 3.21. The van der Waals surface area contributed by atoms with Crippen LogP contribution in [0.4, 0.5) is 0 Å². The van der Waals surface area contributed by atoms with Crippen molar-refractivity contribution in [3.05, 3.63) is 34.9 Å². The quantitative estimate of drug-likeness (QED) is 0.886. The average Bonchev–Trinajstić information content (AvgIpc) is 2.45. The maximum absolute atomic E-state index is 12.2. The molecule has 1 amide bonds. The van der Waals surface area contributed by atoms with Gasteiger partial charge in [-0.2, -0.15) is 0 Å². The van der Waals surface area contributed by atoms with Gasteiger partial charge in [-0.05, 0) is 62.8 Å². The highest BCUT2D eigenvalue weighted by Crippen LogP contribution is 2.22. The fourth-order valence-corrected chi connectivity index (χ4v) is 2.50. The molecule has 0 aromatic heterocycles. The minimum Gasteiger partial charge on any atom is -0.481 e. The van der Waals surface area contributed by atoms with E-state index in [1.165, 1.54) is 24.0 Å². The molecule has 0 saturated heterocycles. The molecule has 1 aliphatic carbocycles. The van der Waals surface area contributed by atoms with E-state index < -0.39 is 17.9 Å². The Morgan fingerprint density at radius 2 is 1.80 bits per heavy atom. The number of carboxylic acids is 1. The van der Waals surface area contributed by atoms with Crippen LogP contribution in [0.5, 0.6) is 0 Å². The van der Waals surface area contributed by atoms with E-state index in [0.717, 1.165) is 12.8 Å². The van der Waals surface area contributed by atoms with Crippen LogP contribution in [-0.2, 0) is 17.6 Å². The van der Waals surface area contributed by atoms with Crippen LogP contribution in [0.25, 0.3) is 0 Å². The van der Waals surface area contributed by atoms with E-state index in [2.05, 4.69) is 5.32 Å². The zero-order valence-corrected chi connectivity index (χ0v) is 12.0. The van der Waals surface area contributed by atoms with E-state index in [0.29, 0.717) is 5.56 Å². The Balaban J connectivity index is 2.08. The molecule has 2 unspecified atom stereocenters. The Morgan fingerprint density at radius 3 is 2.45 bits per heavy atom. The number of amides is 1. The predicted molar refractivity (Wildman–Crippen MR) is 76.8 cm³/mol. The molecule has 0 radical (unpaired) electrons. The molecule has 2 atom stereocenters. The lowest BCUT2D eigenvalue weighted by Gasteiger charge is -2.19. The Labute approximate surface area is 119 Å². The second-order valence-electron chi connectivity index (χ2n) is 5.58. The highest BCUT2D eigenvalue weighted by atomic mass is 16.4. The van der Waals surface area contributed by atoms with Gasteiger partial charge in [-0.15, -0.1) is 0 Å². The number of fused-ring (bicyclic) bond motifs is 1. The lowest BCUT2D eigenvalue weighted by molar-refractivity contribution is -0.141. The van der Waals surface area contributed by atoms with Gasteiger partial charge in [0.2, 0.25) is 0 Å². The standard InChI is InChI=1S/C16H21NO3/c1-10(16(19)20)11(2)17-15(18)14-8-7-12-5-3-4-6-13(12)9-14/h7-11H,3-6H2,1-2H3,(H,17,18)(H,19,20). The number of benzene rings is 1. The first kappa shape index (κ1) is 14.6. The van der Waals surface area contributed by atoms with Crippen LogP contribution in [-0.4, -0.2) is 23.0 Å². The largest absolute Gasteiger partial charge is 0.481 e. The molecule has 2 rings (SSSR count). The van der Waals surface area contributed by atoms with Crippen molar-refractivity contribution in [1.29, 1.82) is 0 Å². The Bertz CT molecular complexity index is 524. The summed E-state index contributed by atoms with van der Waals surface area (Å²) in [5, 5.41) is 11.7. The van der Waals surface area contributed by atoms with Crippen LogP contribution < -0.4 is 5.32 Å². The summed E-state index contributed by atoms with van der Waals surface area (Å²) in [6, 6.07) is 5.41. The number of carbonyl (C=O) groups excluding carboxylic acids is 1. The summed E-state index contributed by atoms with van der Waals surface area (Å²) in [6.45, 7) is 3.31. The van der Waals surface area contributed by atoms with Gasteiger partial charge in [0.05, 0.1) is 5.92 Å². The van der Waals surface area contributed by atoms with Gasteiger partial charge < -0.3 is 10.4 Å². The highest BCUT2D eigenvalue weighted by Gasteiger charge is 2.22. The number of hydrogen-bond acceptors (Lipinski definition) is 2. The van der Waals surface area contributed by atoms with Crippen LogP contribution in [0.1, 0.15) is 48.2 Å². The van der Waals surface area contributed by atoms with Gasteiger partial charge in [0, 0.05) is 11.6 Å². The third kappa shape index (κ3) is 3.18. The van der Waals surface area contributed by atoms with Gasteiger partial charge >= 0.3 is 5.97 Å². The third-order valence-corrected chi connectivity index (χ3v) is 4.11. The molecule has 2 N–H and O–H groups in total. The molecule has 0 spiro atoms. The number of aliphatic carboxylic acids is 1. The third-order valence-electron chi connectivity index (χ3n) is 4.11. The van der Waals surface area contributed by atoms with Crippen molar-refractivity contribution >= 4 is 11.9 Å².